The summed E-state index contributed by atoms with van der Waals surface area (Å²) < 4.78 is 27.9. The van der Waals surface area contributed by atoms with Crippen molar-refractivity contribution >= 4 is 34.2 Å². The van der Waals surface area contributed by atoms with Crippen molar-refractivity contribution in [2.75, 3.05) is 20.1 Å². The Morgan fingerprint density at radius 3 is 2.48 bits per heavy atom. The van der Waals surface area contributed by atoms with Gasteiger partial charge in [0.15, 0.2) is 0 Å². The highest BCUT2D eigenvalue weighted by atomic mass is 35.5. The van der Waals surface area contributed by atoms with Gasteiger partial charge in [0.05, 0.1) is 16.0 Å². The molecule has 3 heterocycles. The van der Waals surface area contributed by atoms with Gasteiger partial charge in [-0.1, -0.05) is 0 Å². The third kappa shape index (κ3) is 2.68. The maximum absolute atomic E-state index is 13.2. The van der Waals surface area contributed by atoms with E-state index in [1.165, 1.54) is 25.2 Å². The van der Waals surface area contributed by atoms with Crippen LogP contribution in [0, 0.1) is 0 Å². The average Bonchev–Trinajstić information content (AvgIpc) is 2.95. The number of amides is 2. The maximum Gasteiger partial charge on any atom is 0.261 e. The molecule has 2 unspecified atom stereocenters. The lowest BCUT2D eigenvalue weighted by Crippen LogP contribution is -2.42. The third-order valence-electron chi connectivity index (χ3n) is 5.22. The Morgan fingerprint density at radius 1 is 1.04 bits per heavy atom. The molecule has 4 rings (SSSR count). The van der Waals surface area contributed by atoms with Crippen LogP contribution in [-0.4, -0.2) is 61.7 Å². The van der Waals surface area contributed by atoms with Gasteiger partial charge in [0, 0.05) is 25.7 Å². The molecule has 136 valence electrons. The van der Waals surface area contributed by atoms with E-state index in [-0.39, 0.29) is 40.5 Å². The van der Waals surface area contributed by atoms with Gasteiger partial charge in [-0.15, -0.1) is 12.4 Å². The second-order valence-electron chi connectivity index (χ2n) is 6.59. The summed E-state index contributed by atoms with van der Waals surface area (Å²) in [4.78, 5) is 25.2. The molecular weight excluding hydrogens is 366 g/mol. The minimum atomic E-state index is -3.69. The van der Waals surface area contributed by atoms with Gasteiger partial charge in [-0.2, -0.15) is 4.31 Å². The molecule has 2 atom stereocenters. The van der Waals surface area contributed by atoms with Crippen molar-refractivity contribution in [3.8, 4) is 0 Å². The van der Waals surface area contributed by atoms with E-state index in [1.807, 2.05) is 0 Å². The minimum absolute atomic E-state index is 0. The van der Waals surface area contributed by atoms with Crippen LogP contribution in [0.3, 0.4) is 0 Å². The summed E-state index contributed by atoms with van der Waals surface area (Å²) in [7, 11) is -2.29. The normalized spacial score (nSPS) is 26.4. The molecule has 2 bridgehead atoms. The quantitative estimate of drug-likeness (QED) is 0.762. The van der Waals surface area contributed by atoms with Gasteiger partial charge < -0.3 is 5.32 Å². The molecule has 0 aliphatic carbocycles. The van der Waals surface area contributed by atoms with Crippen LogP contribution < -0.4 is 5.32 Å². The fraction of sp³-hybridized carbons (Fsp3) is 0.500. The zero-order valence-electron chi connectivity index (χ0n) is 13.8. The molecule has 0 saturated carbocycles. The van der Waals surface area contributed by atoms with Crippen LogP contribution >= 0.6 is 12.4 Å². The summed E-state index contributed by atoms with van der Waals surface area (Å²) in [6, 6.07) is 4.20. The Hall–Kier alpha value is -1.48. The van der Waals surface area contributed by atoms with Crippen molar-refractivity contribution in [3.05, 3.63) is 29.3 Å². The van der Waals surface area contributed by atoms with Crippen LogP contribution in [0.5, 0.6) is 0 Å². The number of sulfonamides is 1. The zero-order chi connectivity index (χ0) is 17.1. The zero-order valence-corrected chi connectivity index (χ0v) is 15.4. The van der Waals surface area contributed by atoms with Gasteiger partial charge >= 0.3 is 0 Å². The fourth-order valence-corrected chi connectivity index (χ4v) is 5.88. The topological polar surface area (TPSA) is 86.8 Å². The number of nitrogens with one attached hydrogen (secondary N) is 1. The van der Waals surface area contributed by atoms with Crippen LogP contribution in [0.4, 0.5) is 0 Å². The molecule has 1 N–H and O–H groups in total. The standard InChI is InChI=1S/C16H19N3O4S.ClH/c1-18-15(20)13-5-4-12(8-14(13)16(18)21)24(22,23)19-10-2-3-11(19)9-17-7-6-10;/h4-5,8,10-11,17H,2-3,6-7,9H2,1H3;1H. The van der Waals surface area contributed by atoms with Crippen molar-refractivity contribution in [1.82, 2.24) is 14.5 Å². The molecule has 3 aliphatic rings. The lowest BCUT2D eigenvalue weighted by Gasteiger charge is -2.27. The first kappa shape index (κ1) is 18.3. The number of imide groups is 1. The van der Waals surface area contributed by atoms with Crippen molar-refractivity contribution < 1.29 is 18.0 Å². The summed E-state index contributed by atoms with van der Waals surface area (Å²) in [6.07, 6.45) is 2.51. The average molecular weight is 386 g/mol. The van der Waals surface area contributed by atoms with Crippen molar-refractivity contribution in [2.24, 2.45) is 0 Å². The molecule has 3 aliphatic heterocycles. The lowest BCUT2D eigenvalue weighted by atomic mass is 10.1. The number of carbonyl (C=O) groups excluding carboxylic acids is 2. The predicted octanol–water partition coefficient (Wildman–Crippen LogP) is 0.849. The van der Waals surface area contributed by atoms with E-state index in [9.17, 15) is 18.0 Å². The van der Waals surface area contributed by atoms with Crippen LogP contribution in [-0.2, 0) is 10.0 Å². The largest absolute Gasteiger partial charge is 0.315 e. The Morgan fingerprint density at radius 2 is 1.72 bits per heavy atom. The molecule has 2 amide bonds. The molecule has 0 spiro atoms. The molecule has 1 aromatic rings. The van der Waals surface area contributed by atoms with Gasteiger partial charge in [0.1, 0.15) is 0 Å². The van der Waals surface area contributed by atoms with E-state index in [0.29, 0.717) is 6.54 Å². The smallest absolute Gasteiger partial charge is 0.261 e. The highest BCUT2D eigenvalue weighted by molar-refractivity contribution is 7.89. The van der Waals surface area contributed by atoms with Gasteiger partial charge in [0.25, 0.3) is 11.8 Å². The van der Waals surface area contributed by atoms with E-state index >= 15 is 0 Å². The van der Waals surface area contributed by atoms with Gasteiger partial charge in [-0.3, -0.25) is 14.5 Å². The van der Waals surface area contributed by atoms with E-state index in [1.54, 1.807) is 4.31 Å². The number of carbonyl (C=O) groups is 2. The molecule has 7 nitrogen and oxygen atoms in total. The second-order valence-corrected chi connectivity index (χ2v) is 8.43. The Bertz CT molecular complexity index is 828. The van der Waals surface area contributed by atoms with Crippen molar-refractivity contribution in [1.29, 1.82) is 0 Å². The van der Waals surface area contributed by atoms with E-state index < -0.39 is 21.8 Å². The molecule has 0 aromatic heterocycles. The second kappa shape index (κ2) is 6.35. The molecule has 2 fully saturated rings. The number of hydrogen-bond acceptors (Lipinski definition) is 5. The highest BCUT2D eigenvalue weighted by Crippen LogP contribution is 2.35. The van der Waals surface area contributed by atoms with Crippen molar-refractivity contribution in [2.45, 2.75) is 36.2 Å². The van der Waals surface area contributed by atoms with E-state index in [2.05, 4.69) is 5.32 Å². The van der Waals surface area contributed by atoms with Crippen LogP contribution in [0.15, 0.2) is 23.1 Å². The van der Waals surface area contributed by atoms with Crippen LogP contribution in [0.1, 0.15) is 40.0 Å². The number of halogens is 1. The molecule has 0 radical (unpaired) electrons. The van der Waals surface area contributed by atoms with Gasteiger partial charge in [0.2, 0.25) is 10.0 Å². The molecule has 25 heavy (non-hydrogen) atoms. The highest BCUT2D eigenvalue weighted by Gasteiger charge is 2.44. The molecular formula is C16H20ClN3O4S. The molecule has 9 heteroatoms. The summed E-state index contributed by atoms with van der Waals surface area (Å²) in [5.41, 5.74) is 0.436. The molecule has 1 aromatic carbocycles. The van der Waals surface area contributed by atoms with Crippen LogP contribution in [0.25, 0.3) is 0 Å². The number of nitrogens with zero attached hydrogens (tertiary/aromatic N) is 2. The van der Waals surface area contributed by atoms with E-state index in [4.69, 9.17) is 0 Å². The number of fused-ring (bicyclic) bond motifs is 3. The summed E-state index contributed by atoms with van der Waals surface area (Å²) >= 11 is 0. The number of rotatable bonds is 2. The van der Waals surface area contributed by atoms with Crippen LogP contribution in [0.2, 0.25) is 0 Å². The molecule has 2 saturated heterocycles. The first-order valence-electron chi connectivity index (χ1n) is 8.12. The van der Waals surface area contributed by atoms with Crippen molar-refractivity contribution in [3.63, 3.8) is 0 Å². The summed E-state index contributed by atoms with van der Waals surface area (Å²) in [5, 5.41) is 3.28. The Kier molecular flexibility index (Phi) is 4.65. The predicted molar refractivity (Wildman–Crippen MR) is 93.4 cm³/mol. The van der Waals surface area contributed by atoms with E-state index in [0.717, 1.165) is 30.7 Å². The van der Waals surface area contributed by atoms with Gasteiger partial charge in [-0.05, 0) is 44.0 Å². The maximum atomic E-state index is 13.2. The third-order valence-corrected chi connectivity index (χ3v) is 7.22. The SMILES string of the molecule is CN1C(=O)c2ccc(S(=O)(=O)N3C4CCNCC3CC4)cc2C1=O.Cl. The lowest BCUT2D eigenvalue weighted by molar-refractivity contribution is 0.0693. The summed E-state index contributed by atoms with van der Waals surface area (Å²) in [6.45, 7) is 1.47. The number of hydrogen-bond donors (Lipinski definition) is 1. The first-order chi connectivity index (χ1) is 11.4. The fourth-order valence-electron chi connectivity index (χ4n) is 3.95. The van der Waals surface area contributed by atoms with Gasteiger partial charge in [-0.25, -0.2) is 8.42 Å². The Balaban J connectivity index is 0.00000182. The minimum Gasteiger partial charge on any atom is -0.315 e. The monoisotopic (exact) mass is 385 g/mol. The summed E-state index contributed by atoms with van der Waals surface area (Å²) in [5.74, 6) is -0.842. The first-order valence-corrected chi connectivity index (χ1v) is 9.56. The number of benzene rings is 1. The Labute approximate surface area is 152 Å².